The zero-order valence-electron chi connectivity index (χ0n) is 9.86. The fourth-order valence-corrected chi connectivity index (χ4v) is 1.96. The standard InChI is InChI=1S/C11H16N2O2S2/c1-16-10-5-3-9(4-6-10)13-11(14)12-7-8-17(2)15/h3-6H,7-8H2,1-2H3,(H2,12,13,14). The summed E-state index contributed by atoms with van der Waals surface area (Å²) in [6.07, 6.45) is 3.61. The predicted octanol–water partition coefficient (Wildman–Crippen LogP) is 1.91. The minimum atomic E-state index is -0.878. The Morgan fingerprint density at radius 3 is 2.53 bits per heavy atom. The van der Waals surface area contributed by atoms with Gasteiger partial charge in [-0.25, -0.2) is 4.79 Å². The lowest BCUT2D eigenvalue weighted by molar-refractivity contribution is 0.252. The number of nitrogens with one attached hydrogen (secondary N) is 2. The van der Waals surface area contributed by atoms with Crippen LogP contribution in [0.15, 0.2) is 29.2 Å². The van der Waals surface area contributed by atoms with Gasteiger partial charge in [0.15, 0.2) is 0 Å². The summed E-state index contributed by atoms with van der Waals surface area (Å²) in [7, 11) is -0.878. The highest BCUT2D eigenvalue weighted by atomic mass is 32.2. The highest BCUT2D eigenvalue weighted by Crippen LogP contribution is 2.17. The van der Waals surface area contributed by atoms with Crippen molar-refractivity contribution in [1.82, 2.24) is 5.32 Å². The minimum Gasteiger partial charge on any atom is -0.337 e. The Labute approximate surface area is 108 Å². The molecule has 0 aliphatic carbocycles. The molecule has 2 amide bonds. The van der Waals surface area contributed by atoms with Gasteiger partial charge in [-0.1, -0.05) is 0 Å². The van der Waals surface area contributed by atoms with E-state index in [0.717, 1.165) is 10.6 Å². The lowest BCUT2D eigenvalue weighted by Crippen LogP contribution is -2.31. The lowest BCUT2D eigenvalue weighted by atomic mass is 10.3. The molecule has 0 aliphatic rings. The summed E-state index contributed by atoms with van der Waals surface area (Å²) in [6, 6.07) is 7.32. The van der Waals surface area contributed by atoms with Crippen molar-refractivity contribution in [3.8, 4) is 0 Å². The zero-order valence-corrected chi connectivity index (χ0v) is 11.5. The van der Waals surface area contributed by atoms with Crippen LogP contribution in [0.1, 0.15) is 0 Å². The highest BCUT2D eigenvalue weighted by Gasteiger charge is 2.01. The summed E-state index contributed by atoms with van der Waals surface area (Å²) >= 11 is 1.65. The second-order valence-corrected chi connectivity index (χ2v) is 5.82. The van der Waals surface area contributed by atoms with Gasteiger partial charge in [0.1, 0.15) is 0 Å². The Kier molecular flexibility index (Phi) is 6.07. The average Bonchev–Trinajstić information content (AvgIpc) is 2.29. The molecular formula is C11H16N2O2S2. The molecule has 4 nitrogen and oxygen atoms in total. The molecule has 0 fully saturated rings. The first-order valence-electron chi connectivity index (χ1n) is 5.11. The number of thioether (sulfide) groups is 1. The summed E-state index contributed by atoms with van der Waals surface area (Å²) < 4.78 is 10.8. The zero-order chi connectivity index (χ0) is 12.7. The van der Waals surface area contributed by atoms with Gasteiger partial charge in [-0.3, -0.25) is 4.21 Å². The molecule has 0 aromatic heterocycles. The number of anilines is 1. The average molecular weight is 272 g/mol. The van der Waals surface area contributed by atoms with Gasteiger partial charge in [-0.2, -0.15) is 0 Å². The number of rotatable bonds is 5. The van der Waals surface area contributed by atoms with Crippen LogP contribution in [-0.4, -0.2) is 35.0 Å². The smallest absolute Gasteiger partial charge is 0.319 e. The molecule has 0 bridgehead atoms. The summed E-state index contributed by atoms with van der Waals surface area (Å²) in [5.41, 5.74) is 0.748. The molecule has 0 aliphatic heterocycles. The van der Waals surface area contributed by atoms with E-state index in [1.165, 1.54) is 0 Å². The van der Waals surface area contributed by atoms with Gasteiger partial charge in [0.25, 0.3) is 0 Å². The van der Waals surface area contributed by atoms with Crippen LogP contribution < -0.4 is 10.6 Å². The van der Waals surface area contributed by atoms with E-state index in [4.69, 9.17) is 0 Å². The van der Waals surface area contributed by atoms with Crippen LogP contribution in [0.5, 0.6) is 0 Å². The Morgan fingerprint density at radius 2 is 2.00 bits per heavy atom. The first-order chi connectivity index (χ1) is 8.11. The molecule has 1 atom stereocenters. The maximum Gasteiger partial charge on any atom is 0.319 e. The minimum absolute atomic E-state index is 0.271. The Bertz CT molecular complexity index is 393. The molecule has 0 saturated heterocycles. The highest BCUT2D eigenvalue weighted by molar-refractivity contribution is 7.98. The summed E-state index contributed by atoms with van der Waals surface area (Å²) in [4.78, 5) is 12.6. The number of benzene rings is 1. The Balaban J connectivity index is 2.37. The quantitative estimate of drug-likeness (QED) is 0.805. The monoisotopic (exact) mass is 272 g/mol. The number of hydrogen-bond acceptors (Lipinski definition) is 3. The van der Waals surface area contributed by atoms with Crippen LogP contribution in [0.4, 0.5) is 10.5 Å². The van der Waals surface area contributed by atoms with Crippen LogP contribution in [0.25, 0.3) is 0 Å². The van der Waals surface area contributed by atoms with E-state index in [-0.39, 0.29) is 6.03 Å². The predicted molar refractivity (Wildman–Crippen MR) is 74.2 cm³/mol. The molecule has 1 unspecified atom stereocenters. The van der Waals surface area contributed by atoms with E-state index < -0.39 is 10.8 Å². The molecule has 0 spiro atoms. The van der Waals surface area contributed by atoms with E-state index in [1.54, 1.807) is 18.0 Å². The van der Waals surface area contributed by atoms with Gasteiger partial charge in [-0.15, -0.1) is 11.8 Å². The van der Waals surface area contributed by atoms with E-state index in [9.17, 15) is 9.00 Å². The Hall–Kier alpha value is -1.01. The molecule has 0 saturated carbocycles. The van der Waals surface area contributed by atoms with Crippen molar-refractivity contribution in [2.75, 3.05) is 30.1 Å². The molecule has 2 N–H and O–H groups in total. The Morgan fingerprint density at radius 1 is 1.35 bits per heavy atom. The topological polar surface area (TPSA) is 58.2 Å². The number of urea groups is 1. The molecule has 94 valence electrons. The van der Waals surface area contributed by atoms with Crippen LogP contribution >= 0.6 is 11.8 Å². The number of amides is 2. The van der Waals surface area contributed by atoms with E-state index in [0.29, 0.717) is 12.3 Å². The van der Waals surface area contributed by atoms with Crippen LogP contribution in [-0.2, 0) is 10.8 Å². The number of carbonyl (C=O) groups excluding carboxylic acids is 1. The maximum absolute atomic E-state index is 11.4. The molecule has 0 radical (unpaired) electrons. The fraction of sp³-hybridized carbons (Fsp3) is 0.364. The fourth-order valence-electron chi connectivity index (χ4n) is 1.16. The van der Waals surface area contributed by atoms with Gasteiger partial charge in [0.2, 0.25) is 0 Å². The van der Waals surface area contributed by atoms with Crippen molar-refractivity contribution < 1.29 is 9.00 Å². The van der Waals surface area contributed by atoms with Crippen molar-refractivity contribution in [2.24, 2.45) is 0 Å². The van der Waals surface area contributed by atoms with E-state index in [2.05, 4.69) is 10.6 Å². The lowest BCUT2D eigenvalue weighted by Gasteiger charge is -2.07. The largest absolute Gasteiger partial charge is 0.337 e. The molecule has 0 heterocycles. The maximum atomic E-state index is 11.4. The van der Waals surface area contributed by atoms with Gasteiger partial charge in [-0.05, 0) is 30.5 Å². The summed E-state index contributed by atoms with van der Waals surface area (Å²) in [5, 5.41) is 5.35. The molecular weight excluding hydrogens is 256 g/mol. The third kappa shape index (κ3) is 5.74. The SMILES string of the molecule is CSc1ccc(NC(=O)NCCS(C)=O)cc1. The van der Waals surface area contributed by atoms with Gasteiger partial charge >= 0.3 is 6.03 Å². The van der Waals surface area contributed by atoms with Crippen molar-refractivity contribution in [3.63, 3.8) is 0 Å². The third-order valence-electron chi connectivity index (χ3n) is 2.02. The normalized spacial score (nSPS) is 11.9. The second-order valence-electron chi connectivity index (χ2n) is 3.39. The first kappa shape index (κ1) is 14.1. The van der Waals surface area contributed by atoms with Gasteiger partial charge in [0, 0.05) is 39.9 Å². The summed E-state index contributed by atoms with van der Waals surface area (Å²) in [5.74, 6) is 0.471. The molecule has 6 heteroatoms. The van der Waals surface area contributed by atoms with Crippen LogP contribution in [0.3, 0.4) is 0 Å². The van der Waals surface area contributed by atoms with Crippen molar-refractivity contribution >= 4 is 34.3 Å². The third-order valence-corrected chi connectivity index (χ3v) is 3.55. The number of hydrogen-bond donors (Lipinski definition) is 2. The number of carbonyl (C=O) groups is 1. The van der Waals surface area contributed by atoms with Crippen molar-refractivity contribution in [1.29, 1.82) is 0 Å². The van der Waals surface area contributed by atoms with Crippen LogP contribution in [0.2, 0.25) is 0 Å². The van der Waals surface area contributed by atoms with Crippen molar-refractivity contribution in [2.45, 2.75) is 4.90 Å². The molecule has 1 aromatic rings. The summed E-state index contributed by atoms with van der Waals surface area (Å²) in [6.45, 7) is 0.415. The van der Waals surface area contributed by atoms with Crippen LogP contribution in [0, 0.1) is 0 Å². The molecule has 1 rings (SSSR count). The van der Waals surface area contributed by atoms with Gasteiger partial charge < -0.3 is 10.6 Å². The van der Waals surface area contributed by atoms with Crippen molar-refractivity contribution in [3.05, 3.63) is 24.3 Å². The molecule has 17 heavy (non-hydrogen) atoms. The molecule has 1 aromatic carbocycles. The van der Waals surface area contributed by atoms with E-state index in [1.807, 2.05) is 30.5 Å². The van der Waals surface area contributed by atoms with E-state index >= 15 is 0 Å². The second kappa shape index (κ2) is 7.34. The first-order valence-corrected chi connectivity index (χ1v) is 8.06. The van der Waals surface area contributed by atoms with Gasteiger partial charge in [0.05, 0.1) is 0 Å².